The summed E-state index contributed by atoms with van der Waals surface area (Å²) in [5.74, 6) is 0.453. The van der Waals surface area contributed by atoms with Crippen molar-refractivity contribution < 1.29 is 23.1 Å². The highest BCUT2D eigenvalue weighted by Crippen LogP contribution is 2.32. The number of nitriles is 1. The fourth-order valence-electron chi connectivity index (χ4n) is 3.44. The van der Waals surface area contributed by atoms with Crippen LogP contribution in [0.1, 0.15) is 17.9 Å². The largest absolute Gasteiger partial charge is 0.464 e. The highest BCUT2D eigenvalue weighted by atomic mass is 16.6. The van der Waals surface area contributed by atoms with Gasteiger partial charge >= 0.3 is 5.97 Å². The highest BCUT2D eigenvalue weighted by molar-refractivity contribution is 5.87. The SMILES string of the molecule is C=CCOC(=O)C(OC1NC(c2ccco2)=CC(c2ccco2)=C1C#N)C1=CC=CCC=C1. The van der Waals surface area contributed by atoms with Crippen LogP contribution in [0, 0.1) is 11.3 Å². The second-order valence-corrected chi connectivity index (χ2v) is 7.14. The molecule has 7 heteroatoms. The van der Waals surface area contributed by atoms with Gasteiger partial charge in [-0.05, 0) is 42.3 Å². The fraction of sp³-hybridized carbons (Fsp3) is 0.154. The number of hydrogen-bond acceptors (Lipinski definition) is 7. The Labute approximate surface area is 191 Å². The molecule has 3 heterocycles. The lowest BCUT2D eigenvalue weighted by Crippen LogP contribution is -2.41. The first-order valence-corrected chi connectivity index (χ1v) is 10.4. The zero-order valence-electron chi connectivity index (χ0n) is 17.8. The molecular formula is C26H22N2O5. The molecule has 0 spiro atoms. The maximum Gasteiger partial charge on any atom is 0.340 e. The molecule has 33 heavy (non-hydrogen) atoms. The number of carbonyl (C=O) groups excluding carboxylic acids is 1. The normalized spacial score (nSPS) is 18.5. The van der Waals surface area contributed by atoms with Crippen LogP contribution in [0.2, 0.25) is 0 Å². The van der Waals surface area contributed by atoms with Crippen LogP contribution >= 0.6 is 0 Å². The molecular weight excluding hydrogens is 420 g/mol. The van der Waals surface area contributed by atoms with Gasteiger partial charge in [0.1, 0.15) is 24.2 Å². The van der Waals surface area contributed by atoms with Gasteiger partial charge in [0, 0.05) is 5.57 Å². The number of allylic oxidation sites excluding steroid dienone is 6. The molecule has 7 nitrogen and oxygen atoms in total. The standard InChI is InChI=1S/C26H22N2O5/c1-2-13-32-26(29)24(18-9-5-3-4-6-10-18)33-25-20(17-27)19(22-11-7-14-30-22)16-21(28-25)23-12-8-15-31-23/h2-3,5-12,14-16,24-25,28H,1,4,13H2. The minimum absolute atomic E-state index is 0.0414. The number of hydrogen-bond donors (Lipinski definition) is 1. The fourth-order valence-corrected chi connectivity index (χ4v) is 3.44. The van der Waals surface area contributed by atoms with Gasteiger partial charge in [-0.15, -0.1) is 0 Å². The quantitative estimate of drug-likeness (QED) is 0.468. The Morgan fingerprint density at radius 2 is 2.06 bits per heavy atom. The third kappa shape index (κ3) is 4.97. The maximum atomic E-state index is 12.9. The summed E-state index contributed by atoms with van der Waals surface area (Å²) in [6, 6.07) is 9.22. The average Bonchev–Trinajstić information content (AvgIpc) is 3.51. The smallest absolute Gasteiger partial charge is 0.340 e. The summed E-state index contributed by atoms with van der Waals surface area (Å²) < 4.78 is 22.6. The van der Waals surface area contributed by atoms with E-state index < -0.39 is 18.3 Å². The Kier molecular flexibility index (Phi) is 6.88. The second kappa shape index (κ2) is 10.4. The van der Waals surface area contributed by atoms with E-state index in [4.69, 9.17) is 18.3 Å². The molecule has 2 unspecified atom stereocenters. The van der Waals surface area contributed by atoms with E-state index in [1.165, 1.54) is 12.3 Å². The Hall–Kier alpha value is -4.28. The van der Waals surface area contributed by atoms with Crippen molar-refractivity contribution >= 4 is 17.2 Å². The van der Waals surface area contributed by atoms with Crippen molar-refractivity contribution in [1.29, 1.82) is 5.26 Å². The topological polar surface area (TPSA) is 97.6 Å². The van der Waals surface area contributed by atoms with E-state index in [1.807, 2.05) is 24.3 Å². The van der Waals surface area contributed by atoms with Crippen LogP contribution in [0.3, 0.4) is 0 Å². The maximum absolute atomic E-state index is 12.9. The molecule has 1 N–H and O–H groups in total. The number of carbonyl (C=O) groups is 1. The second-order valence-electron chi connectivity index (χ2n) is 7.14. The molecule has 2 aromatic heterocycles. The van der Waals surface area contributed by atoms with Gasteiger partial charge in [-0.1, -0.05) is 43.0 Å². The summed E-state index contributed by atoms with van der Waals surface area (Å²) in [7, 11) is 0. The van der Waals surface area contributed by atoms with Crippen LogP contribution in [0.5, 0.6) is 0 Å². The van der Waals surface area contributed by atoms with E-state index in [1.54, 1.807) is 42.7 Å². The van der Waals surface area contributed by atoms with Crippen molar-refractivity contribution in [3.05, 3.63) is 109 Å². The molecule has 2 aromatic rings. The number of nitrogens with one attached hydrogen (secondary N) is 1. The van der Waals surface area contributed by atoms with E-state index in [0.717, 1.165) is 6.42 Å². The predicted octanol–water partition coefficient (Wildman–Crippen LogP) is 4.68. The average molecular weight is 442 g/mol. The van der Waals surface area contributed by atoms with Gasteiger partial charge in [-0.25, -0.2) is 4.79 Å². The lowest BCUT2D eigenvalue weighted by Gasteiger charge is -2.29. The zero-order chi connectivity index (χ0) is 23.0. The summed E-state index contributed by atoms with van der Waals surface area (Å²) in [5.41, 5.74) is 1.97. The van der Waals surface area contributed by atoms with Gasteiger partial charge < -0.3 is 23.6 Å². The number of esters is 1. The van der Waals surface area contributed by atoms with Gasteiger partial charge in [-0.3, -0.25) is 0 Å². The van der Waals surface area contributed by atoms with Crippen LogP contribution in [0.25, 0.3) is 11.3 Å². The van der Waals surface area contributed by atoms with Gasteiger partial charge in [0.15, 0.2) is 12.3 Å². The molecule has 0 bridgehead atoms. The van der Waals surface area contributed by atoms with E-state index in [2.05, 4.69) is 18.0 Å². The van der Waals surface area contributed by atoms with Crippen LogP contribution in [0.4, 0.5) is 0 Å². The molecule has 0 radical (unpaired) electrons. The molecule has 0 aromatic carbocycles. The molecule has 0 fully saturated rings. The number of dihydropyridines is 1. The monoisotopic (exact) mass is 442 g/mol. The zero-order valence-corrected chi connectivity index (χ0v) is 17.8. The van der Waals surface area contributed by atoms with E-state index in [-0.39, 0.29) is 12.2 Å². The molecule has 0 amide bonds. The number of furan rings is 2. The van der Waals surface area contributed by atoms with Crippen molar-refractivity contribution in [2.45, 2.75) is 18.8 Å². The van der Waals surface area contributed by atoms with Crippen molar-refractivity contribution in [3.8, 4) is 6.07 Å². The van der Waals surface area contributed by atoms with Crippen molar-refractivity contribution in [2.24, 2.45) is 0 Å². The lowest BCUT2D eigenvalue weighted by atomic mass is 9.99. The van der Waals surface area contributed by atoms with Crippen molar-refractivity contribution in [3.63, 3.8) is 0 Å². The Morgan fingerprint density at radius 1 is 1.27 bits per heavy atom. The molecule has 166 valence electrons. The molecule has 1 aliphatic heterocycles. The molecule has 4 rings (SSSR count). The van der Waals surface area contributed by atoms with Crippen LogP contribution in [0.15, 0.2) is 106 Å². The molecule has 0 saturated heterocycles. The highest BCUT2D eigenvalue weighted by Gasteiger charge is 2.34. The lowest BCUT2D eigenvalue weighted by molar-refractivity contribution is -0.155. The Morgan fingerprint density at radius 3 is 2.76 bits per heavy atom. The first kappa shape index (κ1) is 21.9. The van der Waals surface area contributed by atoms with Gasteiger partial charge in [0.2, 0.25) is 0 Å². The third-order valence-corrected chi connectivity index (χ3v) is 4.96. The van der Waals surface area contributed by atoms with E-state index in [0.29, 0.717) is 28.4 Å². The van der Waals surface area contributed by atoms with Crippen LogP contribution < -0.4 is 5.32 Å². The first-order chi connectivity index (χ1) is 16.2. The minimum atomic E-state index is -1.08. The van der Waals surface area contributed by atoms with Crippen molar-refractivity contribution in [1.82, 2.24) is 5.32 Å². The van der Waals surface area contributed by atoms with Gasteiger partial charge in [0.05, 0.1) is 23.8 Å². The summed E-state index contributed by atoms with van der Waals surface area (Å²) in [6.45, 7) is 3.63. The first-order valence-electron chi connectivity index (χ1n) is 10.4. The Balaban J connectivity index is 1.74. The van der Waals surface area contributed by atoms with Gasteiger partial charge in [0.25, 0.3) is 0 Å². The Bertz CT molecular complexity index is 1190. The van der Waals surface area contributed by atoms with E-state index >= 15 is 0 Å². The summed E-state index contributed by atoms with van der Waals surface area (Å²) in [5, 5.41) is 13.2. The molecule has 0 saturated carbocycles. The number of ether oxygens (including phenoxy) is 2. The summed E-state index contributed by atoms with van der Waals surface area (Å²) in [4.78, 5) is 12.9. The number of rotatable bonds is 8. The predicted molar refractivity (Wildman–Crippen MR) is 122 cm³/mol. The number of nitrogens with zero attached hydrogens (tertiary/aromatic N) is 1. The van der Waals surface area contributed by atoms with Crippen LogP contribution in [-0.4, -0.2) is 24.9 Å². The molecule has 1 aliphatic carbocycles. The van der Waals surface area contributed by atoms with Crippen LogP contribution in [-0.2, 0) is 14.3 Å². The van der Waals surface area contributed by atoms with Gasteiger partial charge in [-0.2, -0.15) is 5.26 Å². The van der Waals surface area contributed by atoms with E-state index in [9.17, 15) is 10.1 Å². The third-order valence-electron chi connectivity index (χ3n) is 4.96. The minimum Gasteiger partial charge on any atom is -0.464 e. The van der Waals surface area contributed by atoms with Crippen molar-refractivity contribution in [2.75, 3.05) is 6.61 Å². The summed E-state index contributed by atoms with van der Waals surface area (Å²) >= 11 is 0. The summed E-state index contributed by atoms with van der Waals surface area (Å²) in [6.07, 6.45) is 14.3. The molecule has 2 aliphatic rings. The molecule has 2 atom stereocenters.